The molecule has 0 heterocycles. The fraction of sp³-hybridized carbons (Fsp3) is 0.538. The number of sulfone groups is 1. The molecule has 0 spiro atoms. The summed E-state index contributed by atoms with van der Waals surface area (Å²) in [5.41, 5.74) is 0.830. The maximum absolute atomic E-state index is 11.5. The Bertz CT molecular complexity index is 443. The van der Waals surface area contributed by atoms with Gasteiger partial charge in [0.2, 0.25) is 0 Å². The normalized spacial score (nSPS) is 13.8. The van der Waals surface area contributed by atoms with Crippen molar-refractivity contribution in [2.75, 3.05) is 18.8 Å². The lowest BCUT2D eigenvalue weighted by Gasteiger charge is -2.13. The number of benzene rings is 1. The smallest absolute Gasteiger partial charge is 0.153 e. The topological polar surface area (TPSA) is 66.4 Å². The van der Waals surface area contributed by atoms with Crippen molar-refractivity contribution in [2.45, 2.75) is 25.2 Å². The van der Waals surface area contributed by atoms with Gasteiger partial charge in [-0.15, -0.1) is 0 Å². The van der Waals surface area contributed by atoms with E-state index in [1.54, 1.807) is 13.8 Å². The molecule has 1 aromatic carbocycles. The van der Waals surface area contributed by atoms with Crippen LogP contribution in [-0.4, -0.2) is 37.6 Å². The SMILES string of the molecule is CC(C)S(=O)(=O)CCNCC(O)c1ccccc1. The Morgan fingerprint density at radius 1 is 1.22 bits per heavy atom. The minimum atomic E-state index is -3.00. The monoisotopic (exact) mass is 271 g/mol. The molecule has 0 saturated heterocycles. The van der Waals surface area contributed by atoms with Gasteiger partial charge in [-0.2, -0.15) is 0 Å². The summed E-state index contributed by atoms with van der Waals surface area (Å²) >= 11 is 0. The second-order valence-corrected chi connectivity index (χ2v) is 7.22. The van der Waals surface area contributed by atoms with Crippen LogP contribution in [-0.2, 0) is 9.84 Å². The highest BCUT2D eigenvalue weighted by atomic mass is 32.2. The summed E-state index contributed by atoms with van der Waals surface area (Å²) in [7, 11) is -3.00. The molecular weight excluding hydrogens is 250 g/mol. The Morgan fingerprint density at radius 3 is 2.39 bits per heavy atom. The van der Waals surface area contributed by atoms with Crippen molar-refractivity contribution >= 4 is 9.84 Å². The number of rotatable bonds is 7. The summed E-state index contributed by atoms with van der Waals surface area (Å²) in [5.74, 6) is 0.103. The third kappa shape index (κ3) is 4.76. The highest BCUT2D eigenvalue weighted by Gasteiger charge is 2.15. The molecule has 0 aromatic heterocycles. The summed E-state index contributed by atoms with van der Waals surface area (Å²) in [5, 5.41) is 12.5. The molecular formula is C13H21NO3S. The van der Waals surface area contributed by atoms with Crippen molar-refractivity contribution in [2.24, 2.45) is 0 Å². The van der Waals surface area contributed by atoms with Crippen LogP contribution in [0.15, 0.2) is 30.3 Å². The quantitative estimate of drug-likeness (QED) is 0.730. The molecule has 1 atom stereocenters. The van der Waals surface area contributed by atoms with Gasteiger partial charge in [0.1, 0.15) is 0 Å². The first-order valence-electron chi connectivity index (χ1n) is 6.09. The first-order chi connectivity index (χ1) is 8.43. The molecule has 0 bridgehead atoms. The molecule has 0 aliphatic heterocycles. The summed E-state index contributed by atoms with van der Waals surface area (Å²) in [6.45, 7) is 4.07. The van der Waals surface area contributed by atoms with E-state index in [1.165, 1.54) is 0 Å². The van der Waals surface area contributed by atoms with E-state index in [0.29, 0.717) is 13.1 Å². The maximum atomic E-state index is 11.5. The van der Waals surface area contributed by atoms with Gasteiger partial charge >= 0.3 is 0 Å². The largest absolute Gasteiger partial charge is 0.387 e. The van der Waals surface area contributed by atoms with E-state index in [4.69, 9.17) is 0 Å². The van der Waals surface area contributed by atoms with Crippen molar-refractivity contribution < 1.29 is 13.5 Å². The van der Waals surface area contributed by atoms with Crippen molar-refractivity contribution in [1.82, 2.24) is 5.32 Å². The first kappa shape index (κ1) is 15.1. The molecule has 102 valence electrons. The van der Waals surface area contributed by atoms with Gasteiger partial charge in [-0.05, 0) is 19.4 Å². The summed E-state index contributed by atoms with van der Waals surface area (Å²) in [6.07, 6.45) is -0.604. The molecule has 0 radical (unpaired) electrons. The molecule has 0 aliphatic rings. The van der Waals surface area contributed by atoms with Crippen LogP contribution in [0.3, 0.4) is 0 Å². The van der Waals surface area contributed by atoms with Crippen LogP contribution < -0.4 is 5.32 Å². The third-order valence-corrected chi connectivity index (χ3v) is 5.01. The van der Waals surface area contributed by atoms with Crippen LogP contribution in [0.5, 0.6) is 0 Å². The number of aliphatic hydroxyl groups excluding tert-OH is 1. The van der Waals surface area contributed by atoms with Crippen molar-refractivity contribution in [1.29, 1.82) is 0 Å². The standard InChI is InChI=1S/C13H21NO3S/c1-11(2)18(16,17)9-8-14-10-13(15)12-6-4-3-5-7-12/h3-7,11,13-15H,8-10H2,1-2H3. The van der Waals surface area contributed by atoms with Crippen LogP contribution in [0.2, 0.25) is 0 Å². The lowest BCUT2D eigenvalue weighted by atomic mass is 10.1. The molecule has 5 heteroatoms. The summed E-state index contributed by atoms with van der Waals surface area (Å²) < 4.78 is 23.1. The molecule has 0 amide bonds. The second kappa shape index (κ2) is 6.87. The van der Waals surface area contributed by atoms with E-state index < -0.39 is 15.9 Å². The molecule has 1 aromatic rings. The Labute approximate surface area is 109 Å². The Morgan fingerprint density at radius 2 is 1.83 bits per heavy atom. The van der Waals surface area contributed by atoms with Gasteiger partial charge in [-0.25, -0.2) is 8.42 Å². The van der Waals surface area contributed by atoms with Gasteiger partial charge in [0.05, 0.1) is 17.1 Å². The van der Waals surface area contributed by atoms with Crippen LogP contribution in [0.25, 0.3) is 0 Å². The molecule has 1 unspecified atom stereocenters. The Balaban J connectivity index is 2.31. The number of aliphatic hydroxyl groups is 1. The highest BCUT2D eigenvalue weighted by molar-refractivity contribution is 7.92. The van der Waals surface area contributed by atoms with Gasteiger partial charge in [0.15, 0.2) is 9.84 Å². The predicted octanol–water partition coefficient (Wildman–Crippen LogP) is 1.13. The zero-order chi connectivity index (χ0) is 13.6. The number of nitrogens with one attached hydrogen (secondary N) is 1. The van der Waals surface area contributed by atoms with E-state index in [0.717, 1.165) is 5.56 Å². The second-order valence-electron chi connectivity index (χ2n) is 4.55. The molecule has 2 N–H and O–H groups in total. The van der Waals surface area contributed by atoms with Crippen molar-refractivity contribution in [3.05, 3.63) is 35.9 Å². The molecule has 18 heavy (non-hydrogen) atoms. The fourth-order valence-corrected chi connectivity index (χ4v) is 2.38. The molecule has 0 saturated carbocycles. The third-order valence-electron chi connectivity index (χ3n) is 2.80. The van der Waals surface area contributed by atoms with Crippen LogP contribution in [0, 0.1) is 0 Å². The van der Waals surface area contributed by atoms with Crippen molar-refractivity contribution in [3.63, 3.8) is 0 Å². The number of hydrogen-bond donors (Lipinski definition) is 2. The van der Waals surface area contributed by atoms with Gasteiger partial charge in [0, 0.05) is 13.1 Å². The fourth-order valence-electron chi connectivity index (χ4n) is 1.48. The zero-order valence-electron chi connectivity index (χ0n) is 10.8. The minimum Gasteiger partial charge on any atom is -0.387 e. The lowest BCUT2D eigenvalue weighted by Crippen LogP contribution is -2.30. The maximum Gasteiger partial charge on any atom is 0.153 e. The minimum absolute atomic E-state index is 0.103. The van der Waals surface area contributed by atoms with E-state index in [-0.39, 0.29) is 11.0 Å². The summed E-state index contributed by atoms with van der Waals surface area (Å²) in [6, 6.07) is 9.30. The van der Waals surface area contributed by atoms with Crippen molar-refractivity contribution in [3.8, 4) is 0 Å². The Kier molecular flexibility index (Phi) is 5.78. The van der Waals surface area contributed by atoms with Crippen LogP contribution >= 0.6 is 0 Å². The average Bonchev–Trinajstić information content (AvgIpc) is 2.35. The highest BCUT2D eigenvalue weighted by Crippen LogP contribution is 2.10. The van der Waals surface area contributed by atoms with E-state index in [1.807, 2.05) is 30.3 Å². The molecule has 0 fully saturated rings. The average molecular weight is 271 g/mol. The molecule has 0 aliphatic carbocycles. The van der Waals surface area contributed by atoms with Gasteiger partial charge in [0.25, 0.3) is 0 Å². The predicted molar refractivity (Wildman–Crippen MR) is 73.2 cm³/mol. The van der Waals surface area contributed by atoms with Gasteiger partial charge < -0.3 is 10.4 Å². The summed E-state index contributed by atoms with van der Waals surface area (Å²) in [4.78, 5) is 0. The zero-order valence-corrected chi connectivity index (χ0v) is 11.7. The molecule has 4 nitrogen and oxygen atoms in total. The van der Waals surface area contributed by atoms with Crippen LogP contribution in [0.1, 0.15) is 25.5 Å². The Hall–Kier alpha value is -0.910. The van der Waals surface area contributed by atoms with E-state index in [2.05, 4.69) is 5.32 Å². The lowest BCUT2D eigenvalue weighted by molar-refractivity contribution is 0.175. The van der Waals surface area contributed by atoms with E-state index >= 15 is 0 Å². The van der Waals surface area contributed by atoms with E-state index in [9.17, 15) is 13.5 Å². The molecule has 1 rings (SSSR count). The van der Waals surface area contributed by atoms with Gasteiger partial charge in [-0.3, -0.25) is 0 Å². The van der Waals surface area contributed by atoms with Gasteiger partial charge in [-0.1, -0.05) is 30.3 Å². The number of hydrogen-bond acceptors (Lipinski definition) is 4. The first-order valence-corrected chi connectivity index (χ1v) is 7.80. The van der Waals surface area contributed by atoms with Crippen LogP contribution in [0.4, 0.5) is 0 Å².